The van der Waals surface area contributed by atoms with Crippen LogP contribution in [0.25, 0.3) is 0 Å². The monoisotopic (exact) mass is 242 g/mol. The van der Waals surface area contributed by atoms with E-state index in [1.165, 1.54) is 5.56 Å². The lowest BCUT2D eigenvalue weighted by molar-refractivity contribution is -0.121. The summed E-state index contributed by atoms with van der Waals surface area (Å²) in [6, 6.07) is 10.3. The van der Waals surface area contributed by atoms with Gasteiger partial charge in [0.25, 0.3) is 0 Å². The molecule has 1 aliphatic rings. The standard InChI is InChI=1S/C15H18N2O/c1-3-12(10-16)15(18)17-11(2)8-9-13-6-4-5-7-14(13)17/h4-7,11-12H,3,8-9H2,1-2H3. The molecule has 3 nitrogen and oxygen atoms in total. The maximum absolute atomic E-state index is 12.4. The molecular weight excluding hydrogens is 224 g/mol. The maximum atomic E-state index is 12.4. The van der Waals surface area contributed by atoms with Crippen molar-refractivity contribution >= 4 is 11.6 Å². The van der Waals surface area contributed by atoms with Crippen molar-refractivity contribution in [2.75, 3.05) is 4.90 Å². The first-order valence-electron chi connectivity index (χ1n) is 6.49. The fourth-order valence-corrected chi connectivity index (χ4v) is 2.51. The van der Waals surface area contributed by atoms with Crippen LogP contribution in [0.1, 0.15) is 32.3 Å². The highest BCUT2D eigenvalue weighted by Crippen LogP contribution is 2.31. The number of benzene rings is 1. The summed E-state index contributed by atoms with van der Waals surface area (Å²) in [7, 11) is 0. The van der Waals surface area contributed by atoms with Gasteiger partial charge in [0.15, 0.2) is 0 Å². The fourth-order valence-electron chi connectivity index (χ4n) is 2.51. The Morgan fingerprint density at radius 3 is 2.94 bits per heavy atom. The largest absolute Gasteiger partial charge is 0.308 e. The van der Waals surface area contributed by atoms with Crippen LogP contribution in [0.4, 0.5) is 5.69 Å². The van der Waals surface area contributed by atoms with Crippen molar-refractivity contribution in [1.29, 1.82) is 5.26 Å². The van der Waals surface area contributed by atoms with Crippen molar-refractivity contribution in [3.8, 4) is 6.07 Å². The summed E-state index contributed by atoms with van der Waals surface area (Å²) in [5.41, 5.74) is 2.19. The Hall–Kier alpha value is -1.82. The summed E-state index contributed by atoms with van der Waals surface area (Å²) < 4.78 is 0. The van der Waals surface area contributed by atoms with E-state index >= 15 is 0 Å². The SMILES string of the molecule is CCC(C#N)C(=O)N1c2ccccc2CCC1C. The molecular formula is C15H18N2O. The number of amides is 1. The van der Waals surface area contributed by atoms with Crippen LogP contribution < -0.4 is 4.90 Å². The smallest absolute Gasteiger partial charge is 0.244 e. The van der Waals surface area contributed by atoms with Gasteiger partial charge in [0.1, 0.15) is 5.92 Å². The molecule has 1 aliphatic heterocycles. The Morgan fingerprint density at radius 2 is 2.28 bits per heavy atom. The van der Waals surface area contributed by atoms with Crippen LogP contribution in [0.15, 0.2) is 24.3 Å². The number of rotatable bonds is 2. The Kier molecular flexibility index (Phi) is 3.66. The number of hydrogen-bond acceptors (Lipinski definition) is 2. The van der Waals surface area contributed by atoms with Crippen molar-refractivity contribution < 1.29 is 4.79 Å². The van der Waals surface area contributed by atoms with Gasteiger partial charge >= 0.3 is 0 Å². The lowest BCUT2D eigenvalue weighted by Gasteiger charge is -2.36. The molecule has 0 saturated heterocycles. The van der Waals surface area contributed by atoms with Crippen LogP contribution in [0.2, 0.25) is 0 Å². The van der Waals surface area contributed by atoms with Gasteiger partial charge in [0, 0.05) is 11.7 Å². The molecule has 1 aromatic rings. The molecule has 94 valence electrons. The molecule has 0 aliphatic carbocycles. The number of hydrogen-bond donors (Lipinski definition) is 0. The third kappa shape index (κ3) is 2.11. The fraction of sp³-hybridized carbons (Fsp3) is 0.467. The van der Waals surface area contributed by atoms with Crippen molar-refractivity contribution in [1.82, 2.24) is 0 Å². The zero-order chi connectivity index (χ0) is 13.1. The molecule has 0 saturated carbocycles. The zero-order valence-corrected chi connectivity index (χ0v) is 10.9. The zero-order valence-electron chi connectivity index (χ0n) is 10.9. The molecule has 0 N–H and O–H groups in total. The minimum atomic E-state index is -0.529. The molecule has 1 aromatic carbocycles. The van der Waals surface area contributed by atoms with Gasteiger partial charge in [0.05, 0.1) is 6.07 Å². The summed E-state index contributed by atoms with van der Waals surface area (Å²) >= 11 is 0. The highest BCUT2D eigenvalue weighted by Gasteiger charge is 2.31. The molecule has 3 heteroatoms. The molecule has 0 aromatic heterocycles. The lowest BCUT2D eigenvalue weighted by atomic mass is 9.94. The van der Waals surface area contributed by atoms with E-state index in [0.29, 0.717) is 6.42 Å². The number of para-hydroxylation sites is 1. The number of nitrogens with zero attached hydrogens (tertiary/aromatic N) is 2. The molecule has 2 unspecified atom stereocenters. The van der Waals surface area contributed by atoms with Crippen molar-refractivity contribution in [2.24, 2.45) is 5.92 Å². The molecule has 0 bridgehead atoms. The molecule has 0 radical (unpaired) electrons. The third-order valence-electron chi connectivity index (χ3n) is 3.62. The van der Waals surface area contributed by atoms with E-state index in [2.05, 4.69) is 19.1 Å². The summed E-state index contributed by atoms with van der Waals surface area (Å²) in [6.07, 6.45) is 2.54. The van der Waals surface area contributed by atoms with E-state index in [-0.39, 0.29) is 11.9 Å². The van der Waals surface area contributed by atoms with Crippen molar-refractivity contribution in [3.05, 3.63) is 29.8 Å². The van der Waals surface area contributed by atoms with Crippen LogP contribution in [0.5, 0.6) is 0 Å². The van der Waals surface area contributed by atoms with E-state index in [1.54, 1.807) is 0 Å². The van der Waals surface area contributed by atoms with Crippen LogP contribution in [0.3, 0.4) is 0 Å². The van der Waals surface area contributed by atoms with Crippen molar-refractivity contribution in [2.45, 2.75) is 39.2 Å². The van der Waals surface area contributed by atoms with Crippen LogP contribution in [-0.2, 0) is 11.2 Å². The van der Waals surface area contributed by atoms with Gasteiger partial charge in [-0.15, -0.1) is 0 Å². The topological polar surface area (TPSA) is 44.1 Å². The summed E-state index contributed by atoms with van der Waals surface area (Å²) in [5.74, 6) is -0.585. The molecule has 2 rings (SSSR count). The van der Waals surface area contributed by atoms with E-state index in [1.807, 2.05) is 30.0 Å². The molecule has 2 atom stereocenters. The van der Waals surface area contributed by atoms with Crippen LogP contribution >= 0.6 is 0 Å². The average molecular weight is 242 g/mol. The van der Waals surface area contributed by atoms with Gasteiger partial charge in [-0.25, -0.2) is 0 Å². The number of carbonyl (C=O) groups excluding carboxylic acids is 1. The second-order valence-corrected chi connectivity index (χ2v) is 4.81. The molecule has 0 spiro atoms. The minimum Gasteiger partial charge on any atom is -0.308 e. The number of nitriles is 1. The highest BCUT2D eigenvalue weighted by atomic mass is 16.2. The van der Waals surface area contributed by atoms with E-state index in [0.717, 1.165) is 18.5 Å². The maximum Gasteiger partial charge on any atom is 0.244 e. The van der Waals surface area contributed by atoms with Gasteiger partial charge in [-0.3, -0.25) is 4.79 Å². The van der Waals surface area contributed by atoms with E-state index in [9.17, 15) is 4.79 Å². The number of aryl methyl sites for hydroxylation is 1. The summed E-state index contributed by atoms with van der Waals surface area (Å²) in [5, 5.41) is 9.06. The predicted octanol–water partition coefficient (Wildman–Crippen LogP) is 2.90. The average Bonchev–Trinajstić information content (AvgIpc) is 2.39. The molecule has 18 heavy (non-hydrogen) atoms. The first-order chi connectivity index (χ1) is 8.69. The summed E-state index contributed by atoms with van der Waals surface area (Å²) in [6.45, 7) is 3.93. The summed E-state index contributed by atoms with van der Waals surface area (Å²) in [4.78, 5) is 14.3. The highest BCUT2D eigenvalue weighted by molar-refractivity contribution is 5.98. The number of anilines is 1. The Morgan fingerprint density at radius 1 is 1.56 bits per heavy atom. The van der Waals surface area contributed by atoms with Crippen LogP contribution in [0, 0.1) is 17.2 Å². The van der Waals surface area contributed by atoms with Gasteiger partial charge < -0.3 is 4.90 Å². The van der Waals surface area contributed by atoms with Gasteiger partial charge in [0.2, 0.25) is 5.91 Å². The van der Waals surface area contributed by atoms with E-state index in [4.69, 9.17) is 5.26 Å². The predicted molar refractivity (Wildman–Crippen MR) is 71.1 cm³/mol. The second-order valence-electron chi connectivity index (χ2n) is 4.81. The molecule has 0 fully saturated rings. The lowest BCUT2D eigenvalue weighted by Crippen LogP contribution is -2.44. The Labute approximate surface area is 108 Å². The van der Waals surface area contributed by atoms with Gasteiger partial charge in [-0.2, -0.15) is 5.26 Å². The van der Waals surface area contributed by atoms with Crippen molar-refractivity contribution in [3.63, 3.8) is 0 Å². The minimum absolute atomic E-state index is 0.0559. The molecule has 1 heterocycles. The first-order valence-corrected chi connectivity index (χ1v) is 6.49. The quantitative estimate of drug-likeness (QED) is 0.800. The Bertz CT molecular complexity index is 490. The van der Waals surface area contributed by atoms with Gasteiger partial charge in [-0.1, -0.05) is 25.1 Å². The first kappa shape index (κ1) is 12.6. The second kappa shape index (κ2) is 5.22. The Balaban J connectivity index is 2.38. The van der Waals surface area contributed by atoms with Crippen LogP contribution in [-0.4, -0.2) is 11.9 Å². The molecule has 1 amide bonds. The normalized spacial score (nSPS) is 19.8. The number of carbonyl (C=O) groups is 1. The van der Waals surface area contributed by atoms with E-state index < -0.39 is 5.92 Å². The number of fused-ring (bicyclic) bond motifs is 1. The van der Waals surface area contributed by atoms with Gasteiger partial charge in [-0.05, 0) is 37.8 Å². The third-order valence-corrected chi connectivity index (χ3v) is 3.62.